The second-order valence-corrected chi connectivity index (χ2v) is 6.76. The molecule has 1 aromatic rings. The lowest BCUT2D eigenvalue weighted by molar-refractivity contribution is 0.516. The molecular formula is C12H20N2S2. The van der Waals surface area contributed by atoms with E-state index in [2.05, 4.69) is 22.1 Å². The van der Waals surface area contributed by atoms with Gasteiger partial charge in [-0.3, -0.25) is 0 Å². The fourth-order valence-electron chi connectivity index (χ4n) is 2.02. The van der Waals surface area contributed by atoms with Crippen LogP contribution in [-0.4, -0.2) is 10.2 Å². The highest BCUT2D eigenvalue weighted by Gasteiger charge is 2.14. The smallest absolute Gasteiger partial charge is 0.103 e. The van der Waals surface area contributed by atoms with Gasteiger partial charge < -0.3 is 5.73 Å². The second-order valence-electron chi connectivity index (χ2n) is 4.53. The minimum absolute atomic E-state index is 0.0738. The molecule has 0 aliphatic heterocycles. The van der Waals surface area contributed by atoms with E-state index < -0.39 is 0 Å². The Kier molecular flexibility index (Phi) is 4.67. The van der Waals surface area contributed by atoms with E-state index in [4.69, 9.17) is 5.73 Å². The fourth-order valence-corrected chi connectivity index (χ4v) is 4.29. The molecule has 90 valence electrons. The molecule has 16 heavy (non-hydrogen) atoms. The Bertz CT molecular complexity index is 317. The maximum atomic E-state index is 5.80. The van der Waals surface area contributed by atoms with Crippen LogP contribution in [0.25, 0.3) is 0 Å². The molecular weight excluding hydrogens is 236 g/mol. The largest absolute Gasteiger partial charge is 0.323 e. The van der Waals surface area contributed by atoms with Crippen molar-refractivity contribution in [3.8, 4) is 0 Å². The molecule has 0 radical (unpaired) electrons. The van der Waals surface area contributed by atoms with Crippen molar-refractivity contribution in [2.75, 3.05) is 0 Å². The number of hydrogen-bond acceptors (Lipinski definition) is 4. The third-order valence-corrected chi connectivity index (χ3v) is 5.46. The molecule has 1 atom stereocenters. The molecule has 1 saturated carbocycles. The number of aromatic nitrogens is 1. The standard InChI is InChI=1S/C12H20N2S2/c1-9(13)11-7-16-12(14-11)8-15-10-5-3-2-4-6-10/h7,9-10H,2-6,8,13H2,1H3. The van der Waals surface area contributed by atoms with E-state index in [1.54, 1.807) is 11.3 Å². The second kappa shape index (κ2) is 6.03. The molecule has 0 aromatic carbocycles. The van der Waals surface area contributed by atoms with Gasteiger partial charge in [0.05, 0.1) is 5.69 Å². The summed E-state index contributed by atoms with van der Waals surface area (Å²) in [6.07, 6.45) is 7.07. The minimum atomic E-state index is 0.0738. The van der Waals surface area contributed by atoms with Gasteiger partial charge in [0.15, 0.2) is 0 Å². The van der Waals surface area contributed by atoms with Crippen molar-refractivity contribution in [2.45, 2.75) is 56.1 Å². The molecule has 1 aliphatic carbocycles. The summed E-state index contributed by atoms with van der Waals surface area (Å²) >= 11 is 3.84. The van der Waals surface area contributed by atoms with Gasteiger partial charge in [-0.2, -0.15) is 11.8 Å². The van der Waals surface area contributed by atoms with Crippen LogP contribution in [0.3, 0.4) is 0 Å². The highest BCUT2D eigenvalue weighted by Crippen LogP contribution is 2.31. The maximum Gasteiger partial charge on any atom is 0.103 e. The molecule has 4 heteroatoms. The zero-order chi connectivity index (χ0) is 11.4. The van der Waals surface area contributed by atoms with Gasteiger partial charge >= 0.3 is 0 Å². The maximum absolute atomic E-state index is 5.80. The fraction of sp³-hybridized carbons (Fsp3) is 0.750. The Labute approximate surface area is 106 Å². The SMILES string of the molecule is CC(N)c1csc(CSC2CCCCC2)n1. The molecule has 1 aromatic heterocycles. The predicted octanol–water partition coefficient (Wildman–Crippen LogP) is 3.73. The van der Waals surface area contributed by atoms with Crippen molar-refractivity contribution in [1.29, 1.82) is 0 Å². The van der Waals surface area contributed by atoms with Crippen molar-refractivity contribution < 1.29 is 0 Å². The van der Waals surface area contributed by atoms with Crippen LogP contribution in [0.1, 0.15) is 55.8 Å². The van der Waals surface area contributed by atoms with Gasteiger partial charge in [0, 0.05) is 22.4 Å². The molecule has 2 rings (SSSR count). The summed E-state index contributed by atoms with van der Waals surface area (Å²) in [4.78, 5) is 4.57. The predicted molar refractivity (Wildman–Crippen MR) is 72.9 cm³/mol. The lowest BCUT2D eigenvalue weighted by atomic mass is 10.0. The first-order valence-corrected chi connectivity index (χ1v) is 8.00. The number of hydrogen-bond donors (Lipinski definition) is 1. The van der Waals surface area contributed by atoms with Crippen LogP contribution < -0.4 is 5.73 Å². The lowest BCUT2D eigenvalue weighted by Crippen LogP contribution is -2.08. The molecule has 2 nitrogen and oxygen atoms in total. The van der Waals surface area contributed by atoms with Crippen LogP contribution in [0.5, 0.6) is 0 Å². The summed E-state index contributed by atoms with van der Waals surface area (Å²) in [5, 5.41) is 4.21. The zero-order valence-electron chi connectivity index (χ0n) is 9.82. The van der Waals surface area contributed by atoms with Gasteiger partial charge in [-0.05, 0) is 19.8 Å². The molecule has 1 heterocycles. The van der Waals surface area contributed by atoms with E-state index in [1.807, 2.05) is 6.92 Å². The van der Waals surface area contributed by atoms with Crippen LogP contribution in [-0.2, 0) is 5.75 Å². The third-order valence-electron chi connectivity index (χ3n) is 3.03. The molecule has 0 bridgehead atoms. The van der Waals surface area contributed by atoms with Crippen LogP contribution in [0.2, 0.25) is 0 Å². The van der Waals surface area contributed by atoms with Crippen LogP contribution in [0.4, 0.5) is 0 Å². The van der Waals surface area contributed by atoms with Crippen molar-refractivity contribution in [3.63, 3.8) is 0 Å². The van der Waals surface area contributed by atoms with Gasteiger partial charge in [0.2, 0.25) is 0 Å². The highest BCUT2D eigenvalue weighted by molar-refractivity contribution is 7.99. The summed E-state index contributed by atoms with van der Waals surface area (Å²) in [6, 6.07) is 0.0738. The topological polar surface area (TPSA) is 38.9 Å². The zero-order valence-corrected chi connectivity index (χ0v) is 11.4. The van der Waals surface area contributed by atoms with Crippen molar-refractivity contribution >= 4 is 23.1 Å². The first kappa shape index (κ1) is 12.4. The molecule has 1 unspecified atom stereocenters. The molecule has 0 saturated heterocycles. The number of nitrogens with zero attached hydrogens (tertiary/aromatic N) is 1. The Morgan fingerprint density at radius 2 is 2.25 bits per heavy atom. The van der Waals surface area contributed by atoms with E-state index in [0.29, 0.717) is 0 Å². The van der Waals surface area contributed by atoms with Crippen molar-refractivity contribution in [3.05, 3.63) is 16.1 Å². The van der Waals surface area contributed by atoms with Crippen molar-refractivity contribution in [2.24, 2.45) is 5.73 Å². The van der Waals surface area contributed by atoms with E-state index >= 15 is 0 Å². The van der Waals surface area contributed by atoms with Crippen LogP contribution in [0.15, 0.2) is 5.38 Å². The average Bonchev–Trinajstić information content (AvgIpc) is 2.76. The lowest BCUT2D eigenvalue weighted by Gasteiger charge is -2.20. The molecule has 1 fully saturated rings. The van der Waals surface area contributed by atoms with Gasteiger partial charge in [-0.15, -0.1) is 11.3 Å². The first-order valence-electron chi connectivity index (χ1n) is 6.07. The average molecular weight is 256 g/mol. The summed E-state index contributed by atoms with van der Waals surface area (Å²) in [6.45, 7) is 1.99. The number of thiazole rings is 1. The summed E-state index contributed by atoms with van der Waals surface area (Å²) < 4.78 is 0. The molecule has 2 N–H and O–H groups in total. The number of thioether (sulfide) groups is 1. The Morgan fingerprint density at radius 1 is 1.50 bits per heavy atom. The monoisotopic (exact) mass is 256 g/mol. The number of rotatable bonds is 4. The Balaban J connectivity index is 1.79. The van der Waals surface area contributed by atoms with E-state index in [-0.39, 0.29) is 6.04 Å². The third kappa shape index (κ3) is 3.47. The number of nitrogens with two attached hydrogens (primary N) is 1. The summed E-state index contributed by atoms with van der Waals surface area (Å²) in [5.41, 5.74) is 6.85. The van der Waals surface area contributed by atoms with Gasteiger partial charge in [0.1, 0.15) is 5.01 Å². The Hall–Kier alpha value is -0.0600. The molecule has 1 aliphatic rings. The summed E-state index contributed by atoms with van der Waals surface area (Å²) in [5.74, 6) is 1.07. The highest BCUT2D eigenvalue weighted by atomic mass is 32.2. The molecule has 0 amide bonds. The van der Waals surface area contributed by atoms with Crippen molar-refractivity contribution in [1.82, 2.24) is 4.98 Å². The quantitative estimate of drug-likeness (QED) is 0.892. The van der Waals surface area contributed by atoms with E-state index in [1.165, 1.54) is 37.1 Å². The Morgan fingerprint density at radius 3 is 2.88 bits per heavy atom. The van der Waals surface area contributed by atoms with E-state index in [9.17, 15) is 0 Å². The van der Waals surface area contributed by atoms with Gasteiger partial charge in [0.25, 0.3) is 0 Å². The van der Waals surface area contributed by atoms with Crippen LogP contribution >= 0.6 is 23.1 Å². The molecule has 0 spiro atoms. The van der Waals surface area contributed by atoms with E-state index in [0.717, 1.165) is 16.7 Å². The minimum Gasteiger partial charge on any atom is -0.323 e. The normalized spacial score (nSPS) is 19.9. The van der Waals surface area contributed by atoms with Gasteiger partial charge in [-0.25, -0.2) is 4.98 Å². The van der Waals surface area contributed by atoms with Gasteiger partial charge in [-0.1, -0.05) is 19.3 Å². The van der Waals surface area contributed by atoms with Crippen LogP contribution in [0, 0.1) is 0 Å². The summed E-state index contributed by atoms with van der Waals surface area (Å²) in [7, 11) is 0. The first-order chi connectivity index (χ1) is 7.75.